The highest BCUT2D eigenvalue weighted by atomic mass is 16.2. The first kappa shape index (κ1) is 13.1. The topological polar surface area (TPSA) is 55.1 Å². The van der Waals surface area contributed by atoms with E-state index in [1.54, 1.807) is 0 Å². The number of aryl methyl sites for hydroxylation is 1. The summed E-state index contributed by atoms with van der Waals surface area (Å²) in [4.78, 5) is 12.0. The molecule has 3 N–H and O–H groups in total. The average molecular weight is 246 g/mol. The van der Waals surface area contributed by atoms with Crippen molar-refractivity contribution in [2.24, 2.45) is 5.73 Å². The summed E-state index contributed by atoms with van der Waals surface area (Å²) in [6, 6.07) is 4.24. The van der Waals surface area contributed by atoms with Gasteiger partial charge in [0.05, 0.1) is 5.92 Å². The summed E-state index contributed by atoms with van der Waals surface area (Å²) in [5, 5.41) is 3.01. The molecule has 0 bridgehead atoms. The van der Waals surface area contributed by atoms with Crippen LogP contribution in [0.4, 0.5) is 5.69 Å². The summed E-state index contributed by atoms with van der Waals surface area (Å²) in [6.07, 6.45) is 2.84. The van der Waals surface area contributed by atoms with E-state index in [0.29, 0.717) is 0 Å². The first-order valence-corrected chi connectivity index (χ1v) is 6.79. The number of hydrogen-bond donors (Lipinski definition) is 2. The molecule has 1 aliphatic rings. The number of carbonyl (C=O) groups excluding carboxylic acids is 1. The van der Waals surface area contributed by atoms with Gasteiger partial charge in [0.2, 0.25) is 5.91 Å². The van der Waals surface area contributed by atoms with Gasteiger partial charge in [0, 0.05) is 11.7 Å². The maximum absolute atomic E-state index is 12.0. The predicted octanol–water partition coefficient (Wildman–Crippen LogP) is 3.24. The zero-order chi connectivity index (χ0) is 13.3. The number of anilines is 1. The molecule has 18 heavy (non-hydrogen) atoms. The van der Waals surface area contributed by atoms with E-state index in [0.717, 1.165) is 36.1 Å². The Bertz CT molecular complexity index is 468. The second kappa shape index (κ2) is 5.11. The molecule has 0 saturated heterocycles. The smallest absolute Gasteiger partial charge is 0.232 e. The average Bonchev–Trinajstić information content (AvgIpc) is 2.63. The summed E-state index contributed by atoms with van der Waals surface area (Å²) in [5.74, 6) is 0.107. The fraction of sp³-hybridized carbons (Fsp3) is 0.533. The Morgan fingerprint density at radius 1 is 1.39 bits per heavy atom. The van der Waals surface area contributed by atoms with E-state index in [-0.39, 0.29) is 17.9 Å². The lowest BCUT2D eigenvalue weighted by Crippen LogP contribution is -2.14. The Labute approximate surface area is 109 Å². The number of hydrogen-bond acceptors (Lipinski definition) is 2. The van der Waals surface area contributed by atoms with Gasteiger partial charge in [-0.2, -0.15) is 0 Å². The molecule has 3 nitrogen and oxygen atoms in total. The molecule has 1 aliphatic heterocycles. The minimum Gasteiger partial charge on any atom is -0.325 e. The molecule has 2 atom stereocenters. The van der Waals surface area contributed by atoms with E-state index >= 15 is 0 Å². The first-order valence-electron chi connectivity index (χ1n) is 6.79. The number of fused-ring (bicyclic) bond motifs is 1. The van der Waals surface area contributed by atoms with Crippen molar-refractivity contribution >= 4 is 11.6 Å². The van der Waals surface area contributed by atoms with Gasteiger partial charge in [-0.15, -0.1) is 0 Å². The number of amides is 1. The van der Waals surface area contributed by atoms with E-state index in [9.17, 15) is 4.79 Å². The van der Waals surface area contributed by atoms with Gasteiger partial charge in [0.15, 0.2) is 0 Å². The van der Waals surface area contributed by atoms with Crippen LogP contribution in [0.3, 0.4) is 0 Å². The zero-order valence-electron chi connectivity index (χ0n) is 11.4. The molecule has 0 saturated carbocycles. The van der Waals surface area contributed by atoms with Crippen molar-refractivity contribution < 1.29 is 4.79 Å². The minimum absolute atomic E-state index is 0.00697. The molecule has 1 aromatic carbocycles. The molecule has 1 amide bonds. The summed E-state index contributed by atoms with van der Waals surface area (Å²) in [6.45, 7) is 6.24. The number of rotatable bonds is 4. The van der Waals surface area contributed by atoms with Gasteiger partial charge >= 0.3 is 0 Å². The van der Waals surface area contributed by atoms with Crippen molar-refractivity contribution in [1.29, 1.82) is 0 Å². The molecule has 98 valence electrons. The van der Waals surface area contributed by atoms with Crippen LogP contribution in [0.1, 0.15) is 61.8 Å². The SMILES string of the molecule is CCCC(N)c1cc(C)cc2c1NC(=O)C2CC. The van der Waals surface area contributed by atoms with Gasteiger partial charge in [0.25, 0.3) is 0 Å². The lowest BCUT2D eigenvalue weighted by molar-refractivity contribution is -0.117. The highest BCUT2D eigenvalue weighted by molar-refractivity contribution is 6.03. The van der Waals surface area contributed by atoms with Gasteiger partial charge < -0.3 is 11.1 Å². The second-order valence-electron chi connectivity index (χ2n) is 5.16. The Kier molecular flexibility index (Phi) is 3.71. The molecule has 3 heteroatoms. The fourth-order valence-electron chi connectivity index (χ4n) is 2.78. The maximum Gasteiger partial charge on any atom is 0.232 e. The molecular weight excluding hydrogens is 224 g/mol. The lowest BCUT2D eigenvalue weighted by Gasteiger charge is -2.16. The van der Waals surface area contributed by atoms with Gasteiger partial charge in [-0.1, -0.05) is 38.0 Å². The largest absolute Gasteiger partial charge is 0.325 e. The van der Waals surface area contributed by atoms with Gasteiger partial charge in [0.1, 0.15) is 0 Å². The summed E-state index contributed by atoms with van der Waals surface area (Å²) < 4.78 is 0. The van der Waals surface area contributed by atoms with E-state index in [1.807, 2.05) is 6.92 Å². The highest BCUT2D eigenvalue weighted by Crippen LogP contribution is 2.40. The Balaban J connectivity index is 2.48. The maximum atomic E-state index is 12.0. The number of benzene rings is 1. The summed E-state index contributed by atoms with van der Waals surface area (Å²) in [7, 11) is 0. The van der Waals surface area contributed by atoms with Crippen LogP contribution in [0, 0.1) is 6.92 Å². The minimum atomic E-state index is -0.00697. The number of nitrogens with two attached hydrogens (primary N) is 1. The van der Waals surface area contributed by atoms with Crippen LogP contribution in [-0.4, -0.2) is 5.91 Å². The van der Waals surface area contributed by atoms with Crippen LogP contribution in [0.2, 0.25) is 0 Å². The fourth-order valence-corrected chi connectivity index (χ4v) is 2.78. The van der Waals surface area contributed by atoms with Crippen LogP contribution in [0.25, 0.3) is 0 Å². The van der Waals surface area contributed by atoms with Crippen LogP contribution in [0.15, 0.2) is 12.1 Å². The molecule has 0 radical (unpaired) electrons. The van der Waals surface area contributed by atoms with Gasteiger partial charge in [-0.3, -0.25) is 4.79 Å². The van der Waals surface area contributed by atoms with Crippen molar-refractivity contribution in [3.8, 4) is 0 Å². The van der Waals surface area contributed by atoms with Crippen molar-refractivity contribution in [2.75, 3.05) is 5.32 Å². The van der Waals surface area contributed by atoms with Crippen LogP contribution < -0.4 is 11.1 Å². The normalized spacial score (nSPS) is 19.6. The van der Waals surface area contributed by atoms with E-state index in [4.69, 9.17) is 5.73 Å². The van der Waals surface area contributed by atoms with Crippen molar-refractivity contribution in [3.63, 3.8) is 0 Å². The third-order valence-corrected chi connectivity index (χ3v) is 3.69. The zero-order valence-corrected chi connectivity index (χ0v) is 11.4. The van der Waals surface area contributed by atoms with Gasteiger partial charge in [-0.05, 0) is 30.9 Å². The molecule has 0 spiro atoms. The van der Waals surface area contributed by atoms with E-state index < -0.39 is 0 Å². The molecule has 2 rings (SSSR count). The Morgan fingerprint density at radius 2 is 2.11 bits per heavy atom. The molecule has 0 aliphatic carbocycles. The number of carbonyl (C=O) groups is 1. The van der Waals surface area contributed by atoms with Crippen molar-refractivity contribution in [3.05, 3.63) is 28.8 Å². The number of nitrogens with one attached hydrogen (secondary N) is 1. The Morgan fingerprint density at radius 3 is 2.72 bits per heavy atom. The van der Waals surface area contributed by atoms with Crippen LogP contribution >= 0.6 is 0 Å². The van der Waals surface area contributed by atoms with E-state index in [1.165, 1.54) is 5.56 Å². The third kappa shape index (κ3) is 2.15. The molecular formula is C15H22N2O. The van der Waals surface area contributed by atoms with Crippen molar-refractivity contribution in [1.82, 2.24) is 0 Å². The summed E-state index contributed by atoms with van der Waals surface area (Å²) >= 11 is 0. The third-order valence-electron chi connectivity index (χ3n) is 3.69. The Hall–Kier alpha value is -1.35. The molecule has 1 aromatic rings. The molecule has 0 fully saturated rings. The standard InChI is InChI=1S/C15H22N2O/c1-4-6-13(16)12-8-9(3)7-11-10(5-2)15(18)17-14(11)12/h7-8,10,13H,4-6,16H2,1-3H3,(H,17,18). The van der Waals surface area contributed by atoms with Gasteiger partial charge in [-0.25, -0.2) is 0 Å². The highest BCUT2D eigenvalue weighted by Gasteiger charge is 2.31. The predicted molar refractivity (Wildman–Crippen MR) is 74.7 cm³/mol. The lowest BCUT2D eigenvalue weighted by atomic mass is 9.91. The molecule has 1 heterocycles. The molecule has 2 unspecified atom stereocenters. The van der Waals surface area contributed by atoms with Crippen molar-refractivity contribution in [2.45, 2.75) is 52.0 Å². The first-order chi connectivity index (χ1) is 8.58. The monoisotopic (exact) mass is 246 g/mol. The van der Waals surface area contributed by atoms with E-state index in [2.05, 4.69) is 31.3 Å². The quantitative estimate of drug-likeness (QED) is 0.857. The second-order valence-corrected chi connectivity index (χ2v) is 5.16. The summed E-state index contributed by atoms with van der Waals surface area (Å²) in [5.41, 5.74) is 10.6. The molecule has 0 aromatic heterocycles. The van der Waals surface area contributed by atoms with Crippen LogP contribution in [-0.2, 0) is 4.79 Å². The van der Waals surface area contributed by atoms with Crippen LogP contribution in [0.5, 0.6) is 0 Å².